The van der Waals surface area contributed by atoms with Crippen molar-refractivity contribution in [3.05, 3.63) is 60.0 Å². The van der Waals surface area contributed by atoms with E-state index >= 15 is 0 Å². The van der Waals surface area contributed by atoms with Gasteiger partial charge in [-0.1, -0.05) is 97.9 Å². The van der Waals surface area contributed by atoms with E-state index in [1.165, 1.54) is 30.6 Å². The van der Waals surface area contributed by atoms with Gasteiger partial charge in [0.25, 0.3) is 11.8 Å². The van der Waals surface area contributed by atoms with Gasteiger partial charge in [0.05, 0.1) is 13.2 Å². The van der Waals surface area contributed by atoms with Gasteiger partial charge in [0.2, 0.25) is 17.7 Å². The monoisotopic (exact) mass is 775 g/mol. The lowest BCUT2D eigenvalue weighted by Gasteiger charge is -2.31. The molecule has 4 rings (SSSR count). The second-order valence-corrected chi connectivity index (χ2v) is 17.1. The number of hydrogen-bond acceptors (Lipinski definition) is 7. The minimum Gasteiger partial charge on any atom is -0.499 e. The van der Waals surface area contributed by atoms with Crippen LogP contribution in [0.4, 0.5) is 0 Å². The number of aromatic amines is 1. The van der Waals surface area contributed by atoms with Crippen molar-refractivity contribution in [1.29, 1.82) is 0 Å². The summed E-state index contributed by atoms with van der Waals surface area (Å²) in [7, 11) is 5.19. The van der Waals surface area contributed by atoms with Crippen LogP contribution in [-0.2, 0) is 35.1 Å². The highest BCUT2D eigenvalue weighted by molar-refractivity contribution is 6.08. The summed E-state index contributed by atoms with van der Waals surface area (Å²) in [5, 5.41) is 10.1. The molecule has 1 aromatic heterocycles. The zero-order chi connectivity index (χ0) is 41.1. The molecule has 4 N–H and O–H groups in total. The van der Waals surface area contributed by atoms with Crippen LogP contribution in [0.1, 0.15) is 98.5 Å². The Morgan fingerprint density at radius 1 is 0.893 bits per heavy atom. The zero-order valence-corrected chi connectivity index (χ0v) is 35.0. The molecule has 1 aliphatic heterocycles. The van der Waals surface area contributed by atoms with Crippen LogP contribution in [-0.4, -0.2) is 95.7 Å². The first-order valence-corrected chi connectivity index (χ1v) is 20.5. The normalized spacial score (nSPS) is 18.8. The predicted octanol–water partition coefficient (Wildman–Crippen LogP) is 5.64. The highest BCUT2D eigenvalue weighted by Gasteiger charge is 2.38. The average Bonchev–Trinajstić information content (AvgIpc) is 3.69. The predicted molar refractivity (Wildman–Crippen MR) is 220 cm³/mol. The molecule has 308 valence electrons. The number of para-hydroxylation sites is 1. The fourth-order valence-electron chi connectivity index (χ4n) is 8.32. The minimum absolute atomic E-state index is 0.0283. The van der Waals surface area contributed by atoms with Crippen molar-refractivity contribution >= 4 is 40.4 Å². The van der Waals surface area contributed by atoms with Crippen LogP contribution in [0.2, 0.25) is 0 Å². The topological polar surface area (TPSA) is 153 Å². The number of nitrogens with one attached hydrogen (secondary N) is 4. The fraction of sp³-hybridized carbons (Fsp3) is 0.614. The molecular formula is C44H66N6O6. The summed E-state index contributed by atoms with van der Waals surface area (Å²) < 4.78 is 5.59. The first kappa shape index (κ1) is 44.3. The molecule has 0 radical (unpaired) electrons. The Morgan fingerprint density at radius 2 is 1.50 bits per heavy atom. The Labute approximate surface area is 333 Å². The fourth-order valence-corrected chi connectivity index (χ4v) is 8.32. The average molecular weight is 775 g/mol. The van der Waals surface area contributed by atoms with E-state index in [2.05, 4.69) is 20.9 Å². The van der Waals surface area contributed by atoms with Crippen LogP contribution < -0.4 is 16.0 Å². The highest BCUT2D eigenvalue weighted by Crippen LogP contribution is 2.30. The third-order valence-electron chi connectivity index (χ3n) is 11.0. The van der Waals surface area contributed by atoms with Crippen molar-refractivity contribution in [1.82, 2.24) is 30.7 Å². The molecule has 2 aliphatic rings. The summed E-state index contributed by atoms with van der Waals surface area (Å²) in [5.74, 6) is -0.957. The summed E-state index contributed by atoms with van der Waals surface area (Å²) >= 11 is 0. The summed E-state index contributed by atoms with van der Waals surface area (Å²) in [4.78, 5) is 75.0. The van der Waals surface area contributed by atoms with Gasteiger partial charge in [-0.3, -0.25) is 33.8 Å². The van der Waals surface area contributed by atoms with Crippen molar-refractivity contribution in [2.75, 3.05) is 21.2 Å². The maximum Gasteiger partial charge on any atom is 0.257 e. The first-order chi connectivity index (χ1) is 26.6. The summed E-state index contributed by atoms with van der Waals surface area (Å²) in [6.07, 6.45) is 13.6. The largest absolute Gasteiger partial charge is 0.499 e. The number of imide groups is 1. The number of benzene rings is 1. The standard InChI is InChI=1S/C44H66N6O6/c1-27(2)21-35(47-43(54)36(22-28(3)4)48-44(55)41(29(5)6)49(7)8)42(53)46-32(23-30-15-11-10-12-16-30)19-20-39(51)50-37(38(56-9)25-40(50)52)24-31-26-45-34-18-14-13-17-33(31)34/h13-14,17-20,25-30,32,35-37,41,45H,10-12,15-16,21-24H2,1-9H3,(H,46,53)(H,47,54)(H,48,55)/b20-19+/t32-,35+,36+,37+,41+/m1/s1. The molecule has 56 heavy (non-hydrogen) atoms. The van der Waals surface area contributed by atoms with Crippen LogP contribution in [0.25, 0.3) is 10.9 Å². The molecule has 12 heteroatoms. The molecule has 1 aliphatic carbocycles. The Kier molecular flexibility index (Phi) is 16.3. The molecule has 0 saturated heterocycles. The summed E-state index contributed by atoms with van der Waals surface area (Å²) in [6, 6.07) is 4.63. The molecule has 0 bridgehead atoms. The number of carbonyl (C=O) groups is 5. The maximum atomic E-state index is 14.2. The summed E-state index contributed by atoms with van der Waals surface area (Å²) in [6.45, 7) is 11.9. The van der Waals surface area contributed by atoms with E-state index in [4.69, 9.17) is 4.74 Å². The van der Waals surface area contributed by atoms with E-state index in [1.54, 1.807) is 6.08 Å². The maximum absolute atomic E-state index is 14.2. The lowest BCUT2D eigenvalue weighted by atomic mass is 9.84. The molecule has 1 fully saturated rings. The van der Waals surface area contributed by atoms with Crippen LogP contribution in [0, 0.1) is 23.7 Å². The van der Waals surface area contributed by atoms with E-state index in [1.807, 2.05) is 91.0 Å². The number of methoxy groups -OCH3 is 1. The zero-order valence-electron chi connectivity index (χ0n) is 35.0. The van der Waals surface area contributed by atoms with Crippen molar-refractivity contribution in [2.24, 2.45) is 23.7 Å². The second kappa shape index (κ2) is 20.6. The number of ether oxygens (including phenoxy) is 1. The van der Waals surface area contributed by atoms with E-state index in [0.29, 0.717) is 37.4 Å². The third kappa shape index (κ3) is 12.0. The van der Waals surface area contributed by atoms with Crippen LogP contribution in [0.5, 0.6) is 0 Å². The molecule has 12 nitrogen and oxygen atoms in total. The van der Waals surface area contributed by atoms with Crippen molar-refractivity contribution in [2.45, 2.75) is 130 Å². The van der Waals surface area contributed by atoms with E-state index in [-0.39, 0.29) is 29.6 Å². The van der Waals surface area contributed by atoms with Crippen LogP contribution in [0.15, 0.2) is 54.4 Å². The van der Waals surface area contributed by atoms with Crippen molar-refractivity contribution in [3.8, 4) is 0 Å². The number of H-pyrrole nitrogens is 1. The van der Waals surface area contributed by atoms with Crippen LogP contribution in [0.3, 0.4) is 0 Å². The van der Waals surface area contributed by atoms with Gasteiger partial charge >= 0.3 is 0 Å². The number of amides is 5. The highest BCUT2D eigenvalue weighted by atomic mass is 16.5. The number of carbonyl (C=O) groups excluding carboxylic acids is 5. The molecule has 5 atom stereocenters. The van der Waals surface area contributed by atoms with Gasteiger partial charge in [-0.05, 0) is 68.7 Å². The van der Waals surface area contributed by atoms with Gasteiger partial charge in [-0.2, -0.15) is 0 Å². The summed E-state index contributed by atoms with van der Waals surface area (Å²) in [5.41, 5.74) is 1.92. The molecule has 1 aromatic carbocycles. The first-order valence-electron chi connectivity index (χ1n) is 20.5. The van der Waals surface area contributed by atoms with Gasteiger partial charge in [0.15, 0.2) is 0 Å². The molecular weight excluding hydrogens is 709 g/mol. The Morgan fingerprint density at radius 3 is 2.09 bits per heavy atom. The Hall–Kier alpha value is -4.45. The Balaban J connectivity index is 1.54. The minimum atomic E-state index is -0.865. The van der Waals surface area contributed by atoms with Crippen molar-refractivity contribution < 1.29 is 28.7 Å². The van der Waals surface area contributed by atoms with Gasteiger partial charge in [0.1, 0.15) is 23.9 Å². The molecule has 2 heterocycles. The van der Waals surface area contributed by atoms with Crippen molar-refractivity contribution in [3.63, 3.8) is 0 Å². The quantitative estimate of drug-likeness (QED) is 0.135. The lowest BCUT2D eigenvalue weighted by molar-refractivity contribution is -0.139. The smallest absolute Gasteiger partial charge is 0.257 e. The number of likely N-dealkylation sites (N-methyl/N-ethyl adjacent to an activating group) is 1. The Bertz CT molecular complexity index is 1710. The lowest BCUT2D eigenvalue weighted by Crippen LogP contribution is -2.57. The number of rotatable bonds is 19. The molecule has 2 aromatic rings. The molecule has 1 saturated carbocycles. The van der Waals surface area contributed by atoms with E-state index in [9.17, 15) is 24.0 Å². The SMILES string of the molecule is COC1=CC(=O)N(C(=O)/C=C/[C@H](CC2CCCCC2)NC(=O)[C@H](CC(C)C)NC(=O)[C@H](CC(C)C)NC(=O)[C@H](C(C)C)N(C)C)[C@H]1Cc1c[nH]c2ccccc12. The second-order valence-electron chi connectivity index (χ2n) is 17.1. The van der Waals surface area contributed by atoms with Gasteiger partial charge in [0, 0.05) is 41.7 Å². The van der Waals surface area contributed by atoms with Gasteiger partial charge in [-0.15, -0.1) is 0 Å². The van der Waals surface area contributed by atoms with E-state index < -0.39 is 47.9 Å². The van der Waals surface area contributed by atoms with Gasteiger partial charge in [-0.25, -0.2) is 0 Å². The third-order valence-corrected chi connectivity index (χ3v) is 11.0. The number of hydrogen-bond donors (Lipinski definition) is 4. The molecule has 0 unspecified atom stereocenters. The number of fused-ring (bicyclic) bond motifs is 1. The molecule has 5 amide bonds. The molecule has 0 spiro atoms. The van der Waals surface area contributed by atoms with Crippen LogP contribution >= 0.6 is 0 Å². The number of aromatic nitrogens is 1. The number of nitrogens with zero attached hydrogens (tertiary/aromatic N) is 2. The van der Waals surface area contributed by atoms with E-state index in [0.717, 1.165) is 42.1 Å². The van der Waals surface area contributed by atoms with Gasteiger partial charge < -0.3 is 25.7 Å².